The van der Waals surface area contributed by atoms with Crippen LogP contribution in [-0.4, -0.2) is 47.3 Å². The van der Waals surface area contributed by atoms with Gasteiger partial charge in [-0.3, -0.25) is 14.4 Å². The number of hydrogen-bond donors (Lipinski definition) is 4. The molecule has 1 aromatic heterocycles. The number of anilines is 1. The minimum absolute atomic E-state index is 0.111. The van der Waals surface area contributed by atoms with Gasteiger partial charge < -0.3 is 25.8 Å². The van der Waals surface area contributed by atoms with Crippen LogP contribution >= 0.6 is 0 Å². The Morgan fingerprint density at radius 3 is 2.59 bits per heavy atom. The van der Waals surface area contributed by atoms with E-state index in [1.54, 1.807) is 6.20 Å². The number of benzene rings is 1. The lowest BCUT2D eigenvalue weighted by atomic mass is 10.0. The van der Waals surface area contributed by atoms with E-state index < -0.39 is 43.0 Å². The highest BCUT2D eigenvalue weighted by atomic mass is 19.4. The standard InChI is InChI=1S/C22H25F3N4O5/c1-14-7-9-27-18(10-14)26-8-3-6-19(30)28-13-20(31)29-17(12-21(32)33)15-4-2-5-16(11-15)34-22(23,24)25/h2,4-5,7,9-11,17H,3,6,8,12-13H2,1H3,(H,26,27)(H,28,30)(H,29,31)(H,32,33). The summed E-state index contributed by atoms with van der Waals surface area (Å²) in [5, 5.41) is 17.0. The van der Waals surface area contributed by atoms with Crippen molar-refractivity contribution in [1.29, 1.82) is 0 Å². The number of aryl methyl sites for hydroxylation is 1. The number of carboxylic acid groups (broad SMARTS) is 1. The molecule has 1 atom stereocenters. The molecule has 9 nitrogen and oxygen atoms in total. The van der Waals surface area contributed by atoms with Crippen LogP contribution in [0.3, 0.4) is 0 Å². The summed E-state index contributed by atoms with van der Waals surface area (Å²) in [5.41, 5.74) is 1.15. The minimum Gasteiger partial charge on any atom is -0.481 e. The van der Waals surface area contributed by atoms with E-state index >= 15 is 0 Å². The van der Waals surface area contributed by atoms with Crippen molar-refractivity contribution in [2.75, 3.05) is 18.4 Å². The van der Waals surface area contributed by atoms with E-state index in [2.05, 4.69) is 25.7 Å². The van der Waals surface area contributed by atoms with Crippen LogP contribution in [0.5, 0.6) is 5.75 Å². The number of halogens is 3. The molecule has 2 rings (SSSR count). The molecular formula is C22H25F3N4O5. The van der Waals surface area contributed by atoms with Gasteiger partial charge in [0, 0.05) is 19.2 Å². The van der Waals surface area contributed by atoms with Gasteiger partial charge in [0.1, 0.15) is 11.6 Å². The molecule has 0 aliphatic rings. The maximum absolute atomic E-state index is 12.5. The summed E-state index contributed by atoms with van der Waals surface area (Å²) < 4.78 is 41.2. The first-order valence-corrected chi connectivity index (χ1v) is 10.3. The molecule has 0 radical (unpaired) electrons. The summed E-state index contributed by atoms with van der Waals surface area (Å²) in [6.07, 6.45) is -3.20. The number of aromatic nitrogens is 1. The van der Waals surface area contributed by atoms with Crippen molar-refractivity contribution in [2.45, 2.75) is 38.6 Å². The highest BCUT2D eigenvalue weighted by Crippen LogP contribution is 2.26. The number of aliphatic carboxylic acids is 1. The normalized spacial score (nSPS) is 11.9. The lowest BCUT2D eigenvalue weighted by molar-refractivity contribution is -0.274. The van der Waals surface area contributed by atoms with Crippen LogP contribution in [0.4, 0.5) is 19.0 Å². The van der Waals surface area contributed by atoms with Crippen molar-refractivity contribution in [3.8, 4) is 5.75 Å². The maximum Gasteiger partial charge on any atom is 0.573 e. The Kier molecular flexibility index (Phi) is 9.65. The van der Waals surface area contributed by atoms with Crippen LogP contribution in [0.25, 0.3) is 0 Å². The van der Waals surface area contributed by atoms with Crippen molar-refractivity contribution in [2.24, 2.45) is 0 Å². The topological polar surface area (TPSA) is 130 Å². The summed E-state index contributed by atoms with van der Waals surface area (Å²) in [5.74, 6) is -2.20. The lowest BCUT2D eigenvalue weighted by Crippen LogP contribution is -2.39. The second kappa shape index (κ2) is 12.4. The van der Waals surface area contributed by atoms with Gasteiger partial charge in [0.2, 0.25) is 11.8 Å². The van der Waals surface area contributed by atoms with Crippen LogP contribution in [0.1, 0.15) is 36.4 Å². The van der Waals surface area contributed by atoms with Gasteiger partial charge >= 0.3 is 12.3 Å². The number of hydrogen-bond acceptors (Lipinski definition) is 6. The van der Waals surface area contributed by atoms with E-state index in [-0.39, 0.29) is 17.9 Å². The van der Waals surface area contributed by atoms with E-state index in [1.807, 2.05) is 19.1 Å². The molecule has 0 fully saturated rings. The molecule has 184 valence electrons. The quantitative estimate of drug-likeness (QED) is 0.342. The average molecular weight is 482 g/mol. The fraction of sp³-hybridized carbons (Fsp3) is 0.364. The Labute approximate surface area is 193 Å². The molecule has 1 aromatic carbocycles. The van der Waals surface area contributed by atoms with Gasteiger partial charge in [-0.1, -0.05) is 12.1 Å². The summed E-state index contributed by atoms with van der Waals surface area (Å²) in [7, 11) is 0. The fourth-order valence-corrected chi connectivity index (χ4v) is 2.97. The number of nitrogens with zero attached hydrogens (tertiary/aromatic N) is 1. The molecule has 0 aliphatic carbocycles. The smallest absolute Gasteiger partial charge is 0.481 e. The zero-order valence-corrected chi connectivity index (χ0v) is 18.3. The summed E-state index contributed by atoms with van der Waals surface area (Å²) in [6.45, 7) is 2.01. The number of alkyl halides is 3. The number of pyridine rings is 1. The third-order valence-electron chi connectivity index (χ3n) is 4.46. The van der Waals surface area contributed by atoms with E-state index in [1.165, 1.54) is 12.1 Å². The Bertz CT molecular complexity index is 1000. The van der Waals surface area contributed by atoms with Gasteiger partial charge in [-0.05, 0) is 48.7 Å². The second-order valence-corrected chi connectivity index (χ2v) is 7.36. The Morgan fingerprint density at radius 2 is 1.91 bits per heavy atom. The maximum atomic E-state index is 12.5. The number of carbonyl (C=O) groups excluding carboxylic acids is 2. The zero-order valence-electron chi connectivity index (χ0n) is 18.3. The van der Waals surface area contributed by atoms with Crippen molar-refractivity contribution >= 4 is 23.6 Å². The predicted molar refractivity (Wildman–Crippen MR) is 116 cm³/mol. The van der Waals surface area contributed by atoms with Crippen LogP contribution in [-0.2, 0) is 14.4 Å². The fourth-order valence-electron chi connectivity index (χ4n) is 2.97. The molecule has 2 amide bonds. The molecule has 2 aromatic rings. The first-order valence-electron chi connectivity index (χ1n) is 10.3. The monoisotopic (exact) mass is 482 g/mol. The molecule has 4 N–H and O–H groups in total. The first kappa shape index (κ1) is 26.4. The molecule has 34 heavy (non-hydrogen) atoms. The van der Waals surface area contributed by atoms with E-state index in [0.29, 0.717) is 18.8 Å². The Morgan fingerprint density at radius 1 is 1.15 bits per heavy atom. The van der Waals surface area contributed by atoms with Crippen molar-refractivity contribution in [3.63, 3.8) is 0 Å². The van der Waals surface area contributed by atoms with Crippen LogP contribution < -0.4 is 20.7 Å². The molecule has 1 unspecified atom stereocenters. The number of amides is 2. The molecule has 0 saturated carbocycles. The number of carboxylic acids is 1. The molecule has 0 saturated heterocycles. The van der Waals surface area contributed by atoms with Gasteiger partial charge in [-0.25, -0.2) is 4.98 Å². The third-order valence-corrected chi connectivity index (χ3v) is 4.46. The highest BCUT2D eigenvalue weighted by molar-refractivity contribution is 5.85. The van der Waals surface area contributed by atoms with Gasteiger partial charge in [-0.15, -0.1) is 13.2 Å². The summed E-state index contributed by atoms with van der Waals surface area (Å²) in [4.78, 5) is 39.5. The number of ether oxygens (including phenoxy) is 1. The van der Waals surface area contributed by atoms with Crippen LogP contribution in [0.2, 0.25) is 0 Å². The van der Waals surface area contributed by atoms with Crippen molar-refractivity contribution < 1.29 is 37.4 Å². The predicted octanol–water partition coefficient (Wildman–Crippen LogP) is 2.93. The van der Waals surface area contributed by atoms with Crippen molar-refractivity contribution in [3.05, 3.63) is 53.7 Å². The average Bonchev–Trinajstić information content (AvgIpc) is 2.73. The molecule has 0 bridgehead atoms. The van der Waals surface area contributed by atoms with E-state index in [9.17, 15) is 27.6 Å². The number of carbonyl (C=O) groups is 3. The summed E-state index contributed by atoms with van der Waals surface area (Å²) in [6, 6.07) is 7.27. The van der Waals surface area contributed by atoms with Gasteiger partial charge in [0.15, 0.2) is 0 Å². The van der Waals surface area contributed by atoms with E-state index in [0.717, 1.165) is 17.7 Å². The molecule has 0 spiro atoms. The van der Waals surface area contributed by atoms with Gasteiger partial charge in [-0.2, -0.15) is 0 Å². The molecule has 1 heterocycles. The second-order valence-electron chi connectivity index (χ2n) is 7.36. The van der Waals surface area contributed by atoms with Gasteiger partial charge in [0.05, 0.1) is 19.0 Å². The van der Waals surface area contributed by atoms with Crippen LogP contribution in [0, 0.1) is 6.92 Å². The first-order chi connectivity index (χ1) is 16.0. The van der Waals surface area contributed by atoms with Crippen molar-refractivity contribution in [1.82, 2.24) is 15.6 Å². The lowest BCUT2D eigenvalue weighted by Gasteiger charge is -2.19. The molecule has 0 aliphatic heterocycles. The number of rotatable bonds is 12. The highest BCUT2D eigenvalue weighted by Gasteiger charge is 2.31. The Balaban J connectivity index is 1.82. The summed E-state index contributed by atoms with van der Waals surface area (Å²) >= 11 is 0. The largest absolute Gasteiger partial charge is 0.573 e. The van der Waals surface area contributed by atoms with Gasteiger partial charge in [0.25, 0.3) is 0 Å². The number of nitrogens with one attached hydrogen (secondary N) is 3. The third kappa shape index (κ3) is 10.2. The minimum atomic E-state index is -4.92. The SMILES string of the molecule is Cc1ccnc(NCCCC(=O)NCC(=O)NC(CC(=O)O)c2cccc(OC(F)(F)F)c2)c1. The van der Waals surface area contributed by atoms with Crippen LogP contribution in [0.15, 0.2) is 42.6 Å². The zero-order chi connectivity index (χ0) is 25.1. The Hall–Kier alpha value is -3.83. The molecule has 12 heteroatoms. The van der Waals surface area contributed by atoms with E-state index in [4.69, 9.17) is 5.11 Å². The molecular weight excluding hydrogens is 457 g/mol.